The first kappa shape index (κ1) is 11.3. The second kappa shape index (κ2) is 3.70. The molecule has 0 aromatic heterocycles. The molecule has 2 fully saturated rings. The van der Waals surface area contributed by atoms with Gasteiger partial charge < -0.3 is 15.2 Å². The summed E-state index contributed by atoms with van der Waals surface area (Å²) in [5.74, 6) is 0.389. The van der Waals surface area contributed by atoms with E-state index in [9.17, 15) is 0 Å². The molecule has 1 aliphatic heterocycles. The molecule has 4 nitrogen and oxygen atoms in total. The first-order valence-electron chi connectivity index (χ1n) is 5.65. The van der Waals surface area contributed by atoms with Gasteiger partial charge in [0, 0.05) is 26.3 Å². The van der Waals surface area contributed by atoms with Crippen LogP contribution in [0.15, 0.2) is 0 Å². The predicted octanol–water partition coefficient (Wildman–Crippen LogP) is 0.419. The van der Waals surface area contributed by atoms with Gasteiger partial charge >= 0.3 is 0 Å². The minimum atomic E-state index is -0.384. The van der Waals surface area contributed by atoms with E-state index in [4.69, 9.17) is 15.2 Å². The molecule has 4 heteroatoms. The van der Waals surface area contributed by atoms with Crippen LogP contribution in [0.1, 0.15) is 19.8 Å². The van der Waals surface area contributed by atoms with E-state index < -0.39 is 0 Å². The van der Waals surface area contributed by atoms with Crippen molar-refractivity contribution in [3.05, 3.63) is 0 Å². The molecule has 0 aromatic rings. The van der Waals surface area contributed by atoms with E-state index in [1.54, 1.807) is 14.2 Å². The van der Waals surface area contributed by atoms with Gasteiger partial charge in [-0.3, -0.25) is 4.90 Å². The second-order valence-corrected chi connectivity index (χ2v) is 5.01. The van der Waals surface area contributed by atoms with Gasteiger partial charge in [-0.25, -0.2) is 0 Å². The molecule has 0 radical (unpaired) electrons. The number of nitrogens with zero attached hydrogens (tertiary/aromatic N) is 1. The summed E-state index contributed by atoms with van der Waals surface area (Å²) in [5.41, 5.74) is 6.06. The summed E-state index contributed by atoms with van der Waals surface area (Å²) in [4.78, 5) is 2.40. The zero-order valence-corrected chi connectivity index (χ0v) is 9.95. The summed E-state index contributed by atoms with van der Waals surface area (Å²) in [6, 6.07) is 0. The lowest BCUT2D eigenvalue weighted by Gasteiger charge is -2.55. The summed E-state index contributed by atoms with van der Waals surface area (Å²) in [6.07, 6.45) is 2.63. The van der Waals surface area contributed by atoms with Crippen LogP contribution in [0.3, 0.4) is 0 Å². The highest BCUT2D eigenvalue weighted by Gasteiger charge is 2.54. The normalized spacial score (nSPS) is 29.6. The minimum Gasteiger partial charge on any atom is -0.351 e. The fourth-order valence-electron chi connectivity index (χ4n) is 2.50. The molecule has 0 amide bonds. The van der Waals surface area contributed by atoms with Crippen molar-refractivity contribution >= 4 is 0 Å². The van der Waals surface area contributed by atoms with Gasteiger partial charge in [-0.2, -0.15) is 0 Å². The lowest BCUT2D eigenvalue weighted by molar-refractivity contribution is -0.292. The van der Waals surface area contributed by atoms with Crippen LogP contribution < -0.4 is 5.73 Å². The zero-order valence-electron chi connectivity index (χ0n) is 9.95. The first-order valence-corrected chi connectivity index (χ1v) is 5.65. The Morgan fingerprint density at radius 3 is 2.20 bits per heavy atom. The maximum atomic E-state index is 5.91. The van der Waals surface area contributed by atoms with Crippen molar-refractivity contribution in [2.75, 3.05) is 33.9 Å². The van der Waals surface area contributed by atoms with E-state index >= 15 is 0 Å². The second-order valence-electron chi connectivity index (χ2n) is 5.01. The molecule has 88 valence electrons. The molecule has 1 saturated carbocycles. The Morgan fingerprint density at radius 1 is 1.33 bits per heavy atom. The molecular formula is C11H22N2O2. The number of methoxy groups -OCH3 is 2. The Hall–Kier alpha value is -0.160. The monoisotopic (exact) mass is 214 g/mol. The molecular weight excluding hydrogens is 192 g/mol. The highest BCUT2D eigenvalue weighted by Crippen LogP contribution is 2.46. The molecule has 2 N–H and O–H groups in total. The fraction of sp³-hybridized carbons (Fsp3) is 1.00. The third-order valence-corrected chi connectivity index (χ3v) is 4.20. The molecule has 1 saturated heterocycles. The van der Waals surface area contributed by atoms with Crippen LogP contribution in [0.25, 0.3) is 0 Å². The van der Waals surface area contributed by atoms with Crippen LogP contribution in [0.2, 0.25) is 0 Å². The van der Waals surface area contributed by atoms with Crippen LogP contribution in [0.5, 0.6) is 0 Å². The zero-order chi connectivity index (χ0) is 11.1. The smallest absolute Gasteiger partial charge is 0.193 e. The SMILES string of the molecule is COC1(OC)CN(C(C)(CN)C2CC2)C1. The molecule has 1 unspecified atom stereocenters. The molecule has 0 spiro atoms. The molecule has 2 rings (SSSR count). The van der Waals surface area contributed by atoms with Crippen molar-refractivity contribution in [3.63, 3.8) is 0 Å². The molecule has 15 heavy (non-hydrogen) atoms. The molecule has 2 aliphatic rings. The van der Waals surface area contributed by atoms with Gasteiger partial charge in [-0.05, 0) is 25.7 Å². The van der Waals surface area contributed by atoms with Crippen molar-refractivity contribution in [1.82, 2.24) is 4.90 Å². The van der Waals surface area contributed by atoms with Crippen molar-refractivity contribution in [3.8, 4) is 0 Å². The van der Waals surface area contributed by atoms with Crippen molar-refractivity contribution in [2.45, 2.75) is 31.1 Å². The van der Waals surface area contributed by atoms with Crippen LogP contribution >= 0.6 is 0 Å². The Labute approximate surface area is 91.7 Å². The first-order chi connectivity index (χ1) is 7.10. The van der Waals surface area contributed by atoms with Gasteiger partial charge in [0.25, 0.3) is 0 Å². The van der Waals surface area contributed by atoms with E-state index in [0.29, 0.717) is 0 Å². The molecule has 1 aliphatic carbocycles. The number of likely N-dealkylation sites (tertiary alicyclic amines) is 1. The van der Waals surface area contributed by atoms with Gasteiger partial charge in [0.05, 0.1) is 13.1 Å². The minimum absolute atomic E-state index is 0.153. The Morgan fingerprint density at radius 2 is 1.87 bits per heavy atom. The van der Waals surface area contributed by atoms with Crippen LogP contribution in [0.4, 0.5) is 0 Å². The molecule has 0 bridgehead atoms. The largest absolute Gasteiger partial charge is 0.351 e. The molecule has 1 heterocycles. The lowest BCUT2D eigenvalue weighted by Crippen LogP contribution is -2.72. The molecule has 0 aromatic carbocycles. The maximum absolute atomic E-state index is 5.91. The number of hydrogen-bond donors (Lipinski definition) is 1. The van der Waals surface area contributed by atoms with Gasteiger partial charge in [-0.15, -0.1) is 0 Å². The highest BCUT2D eigenvalue weighted by molar-refractivity contribution is 5.06. The number of rotatable bonds is 5. The lowest BCUT2D eigenvalue weighted by atomic mass is 9.88. The summed E-state index contributed by atoms with van der Waals surface area (Å²) in [5, 5.41) is 0. The average Bonchev–Trinajstić information content (AvgIpc) is 3.00. The third kappa shape index (κ3) is 1.69. The standard InChI is InChI=1S/C11H22N2O2/c1-10(6-12,9-4-5-9)13-7-11(8-13,14-2)15-3/h9H,4-8,12H2,1-3H3. The van der Waals surface area contributed by atoms with E-state index in [0.717, 1.165) is 25.6 Å². The average molecular weight is 214 g/mol. The van der Waals surface area contributed by atoms with Crippen molar-refractivity contribution in [2.24, 2.45) is 11.7 Å². The van der Waals surface area contributed by atoms with E-state index in [1.165, 1.54) is 12.8 Å². The van der Waals surface area contributed by atoms with Crippen molar-refractivity contribution in [1.29, 1.82) is 0 Å². The van der Waals surface area contributed by atoms with Crippen LogP contribution in [-0.4, -0.2) is 50.1 Å². The van der Waals surface area contributed by atoms with Gasteiger partial charge in [-0.1, -0.05) is 0 Å². The Kier molecular flexibility index (Phi) is 2.79. The topological polar surface area (TPSA) is 47.7 Å². The summed E-state index contributed by atoms with van der Waals surface area (Å²) >= 11 is 0. The van der Waals surface area contributed by atoms with Crippen LogP contribution in [-0.2, 0) is 9.47 Å². The predicted molar refractivity (Wildman–Crippen MR) is 58.5 cm³/mol. The number of nitrogens with two attached hydrogens (primary N) is 1. The van der Waals surface area contributed by atoms with Crippen LogP contribution in [0, 0.1) is 5.92 Å². The maximum Gasteiger partial charge on any atom is 0.193 e. The van der Waals surface area contributed by atoms with E-state index in [2.05, 4.69) is 11.8 Å². The Balaban J connectivity index is 1.97. The van der Waals surface area contributed by atoms with Gasteiger partial charge in [0.2, 0.25) is 0 Å². The molecule has 1 atom stereocenters. The third-order valence-electron chi connectivity index (χ3n) is 4.20. The van der Waals surface area contributed by atoms with Crippen molar-refractivity contribution < 1.29 is 9.47 Å². The van der Waals surface area contributed by atoms with E-state index in [-0.39, 0.29) is 11.3 Å². The highest BCUT2D eigenvalue weighted by atomic mass is 16.7. The number of ether oxygens (including phenoxy) is 2. The van der Waals surface area contributed by atoms with Gasteiger partial charge in [0.15, 0.2) is 5.79 Å². The summed E-state index contributed by atoms with van der Waals surface area (Å²) < 4.78 is 10.8. The fourth-order valence-corrected chi connectivity index (χ4v) is 2.50. The summed E-state index contributed by atoms with van der Waals surface area (Å²) in [6.45, 7) is 4.66. The Bertz CT molecular complexity index is 231. The van der Waals surface area contributed by atoms with E-state index in [1.807, 2.05) is 0 Å². The summed E-state index contributed by atoms with van der Waals surface area (Å²) in [7, 11) is 3.41. The quantitative estimate of drug-likeness (QED) is 0.674. The van der Waals surface area contributed by atoms with Gasteiger partial charge in [0.1, 0.15) is 0 Å². The number of hydrogen-bond acceptors (Lipinski definition) is 4.